The van der Waals surface area contributed by atoms with Crippen molar-refractivity contribution in [1.29, 1.82) is 0 Å². The van der Waals surface area contributed by atoms with E-state index in [1.165, 1.54) is 14.2 Å². The van der Waals surface area contributed by atoms with E-state index in [0.717, 1.165) is 5.56 Å². The molecular weight excluding hydrogens is 326 g/mol. The number of hydrogen-bond donors (Lipinski definition) is 2. The second-order valence-corrected chi connectivity index (χ2v) is 5.22. The molecule has 2 aromatic rings. The summed E-state index contributed by atoms with van der Waals surface area (Å²) in [6.45, 7) is 0. The number of carbonyl (C=O) groups excluding carboxylic acids is 1. The monoisotopic (exact) mass is 345 g/mol. The summed E-state index contributed by atoms with van der Waals surface area (Å²) in [5.41, 5.74) is 6.41. The Morgan fingerprint density at radius 3 is 2.08 bits per heavy atom. The highest BCUT2D eigenvalue weighted by atomic mass is 16.5. The fourth-order valence-corrected chi connectivity index (χ4v) is 2.25. The van der Waals surface area contributed by atoms with Gasteiger partial charge in [-0.2, -0.15) is 0 Å². The fraction of sp³-hybridized carbons (Fsp3) is 0.222. The summed E-state index contributed by atoms with van der Waals surface area (Å²) in [7, 11) is 2.90. The maximum Gasteiger partial charge on any atom is 0.351 e. The van der Waals surface area contributed by atoms with Gasteiger partial charge in [0.25, 0.3) is 0 Å². The Morgan fingerprint density at radius 2 is 1.60 bits per heavy atom. The molecule has 0 saturated heterocycles. The van der Waals surface area contributed by atoms with Crippen LogP contribution in [0.1, 0.15) is 15.9 Å². The van der Waals surface area contributed by atoms with Crippen LogP contribution in [-0.2, 0) is 11.2 Å². The molecule has 132 valence electrons. The van der Waals surface area contributed by atoms with Crippen molar-refractivity contribution in [3.05, 3.63) is 53.6 Å². The molecule has 0 fully saturated rings. The van der Waals surface area contributed by atoms with Gasteiger partial charge < -0.3 is 25.1 Å². The number of nitrogens with two attached hydrogens (primary N) is 1. The van der Waals surface area contributed by atoms with Gasteiger partial charge in [-0.1, -0.05) is 18.2 Å². The number of esters is 1. The lowest BCUT2D eigenvalue weighted by atomic mass is 10.1. The molecule has 25 heavy (non-hydrogen) atoms. The van der Waals surface area contributed by atoms with Crippen LogP contribution >= 0.6 is 0 Å². The molecule has 0 unspecified atom stereocenters. The van der Waals surface area contributed by atoms with Gasteiger partial charge in [-0.3, -0.25) is 4.79 Å². The molecule has 0 bridgehead atoms. The van der Waals surface area contributed by atoms with Crippen molar-refractivity contribution in [2.75, 3.05) is 14.2 Å². The van der Waals surface area contributed by atoms with Crippen LogP contribution in [0.5, 0.6) is 17.2 Å². The molecule has 0 amide bonds. The van der Waals surface area contributed by atoms with E-state index in [-0.39, 0.29) is 12.0 Å². The van der Waals surface area contributed by atoms with E-state index >= 15 is 0 Å². The summed E-state index contributed by atoms with van der Waals surface area (Å²) < 4.78 is 15.7. The third kappa shape index (κ3) is 4.48. The minimum Gasteiger partial charge on any atom is -0.496 e. The van der Waals surface area contributed by atoms with E-state index < -0.39 is 18.0 Å². The van der Waals surface area contributed by atoms with Crippen LogP contribution in [-0.4, -0.2) is 37.3 Å². The number of carbonyl (C=O) groups is 2. The second kappa shape index (κ2) is 8.16. The van der Waals surface area contributed by atoms with Gasteiger partial charge in [-0.15, -0.1) is 0 Å². The number of benzene rings is 2. The van der Waals surface area contributed by atoms with Gasteiger partial charge in [-0.25, -0.2) is 4.79 Å². The summed E-state index contributed by atoms with van der Waals surface area (Å²) in [5, 5.41) is 8.82. The molecule has 0 heterocycles. The molecule has 0 aliphatic heterocycles. The van der Waals surface area contributed by atoms with Crippen molar-refractivity contribution in [2.24, 2.45) is 5.73 Å². The third-order valence-electron chi connectivity index (χ3n) is 3.54. The minimum absolute atomic E-state index is 0.184. The van der Waals surface area contributed by atoms with Crippen molar-refractivity contribution in [3.63, 3.8) is 0 Å². The first-order valence-corrected chi connectivity index (χ1v) is 7.46. The molecular formula is C18H19NO6. The van der Waals surface area contributed by atoms with E-state index in [1.807, 2.05) is 0 Å². The molecule has 7 heteroatoms. The number of rotatable bonds is 7. The van der Waals surface area contributed by atoms with Crippen LogP contribution in [0.15, 0.2) is 42.5 Å². The average molecular weight is 345 g/mol. The number of methoxy groups -OCH3 is 2. The zero-order chi connectivity index (χ0) is 18.4. The summed E-state index contributed by atoms with van der Waals surface area (Å²) in [6, 6.07) is 10.5. The molecule has 2 aromatic carbocycles. The molecule has 0 aromatic heterocycles. The lowest BCUT2D eigenvalue weighted by Crippen LogP contribution is -2.32. The first-order chi connectivity index (χ1) is 12.0. The maximum atomic E-state index is 12.4. The third-order valence-corrected chi connectivity index (χ3v) is 3.54. The fourth-order valence-electron chi connectivity index (χ4n) is 2.25. The number of carboxylic acids is 1. The summed E-state index contributed by atoms with van der Waals surface area (Å²) in [5.74, 6) is -0.699. The number of carboxylic acid groups (broad SMARTS) is 1. The molecule has 0 aliphatic carbocycles. The predicted octanol–water partition coefficient (Wildman–Crippen LogP) is 1.88. The molecule has 0 aliphatic rings. The van der Waals surface area contributed by atoms with Crippen LogP contribution in [0.25, 0.3) is 0 Å². The highest BCUT2D eigenvalue weighted by molar-refractivity contribution is 5.97. The average Bonchev–Trinajstić information content (AvgIpc) is 2.62. The standard InChI is InChI=1S/C18H19NO6/c1-23-14-4-3-5-15(24-2)16(14)18(22)25-12-8-6-11(7-9-12)10-13(19)17(20)21/h3-9,13H,10,19H2,1-2H3,(H,20,21)/t13-/m0/s1. The zero-order valence-electron chi connectivity index (χ0n) is 13.9. The van der Waals surface area contributed by atoms with E-state index in [2.05, 4.69) is 0 Å². The van der Waals surface area contributed by atoms with Crippen LogP contribution in [0.2, 0.25) is 0 Å². The van der Waals surface area contributed by atoms with Crippen molar-refractivity contribution in [2.45, 2.75) is 12.5 Å². The molecule has 0 saturated carbocycles. The number of hydrogen-bond acceptors (Lipinski definition) is 6. The molecule has 2 rings (SSSR count). The first-order valence-electron chi connectivity index (χ1n) is 7.46. The van der Waals surface area contributed by atoms with Crippen molar-refractivity contribution >= 4 is 11.9 Å². The zero-order valence-corrected chi connectivity index (χ0v) is 13.9. The Hall–Kier alpha value is -3.06. The number of ether oxygens (including phenoxy) is 3. The second-order valence-electron chi connectivity index (χ2n) is 5.22. The van der Waals surface area contributed by atoms with Gasteiger partial charge in [0.15, 0.2) is 0 Å². The molecule has 7 nitrogen and oxygen atoms in total. The lowest BCUT2D eigenvalue weighted by Gasteiger charge is -2.12. The molecule has 3 N–H and O–H groups in total. The van der Waals surface area contributed by atoms with E-state index in [4.69, 9.17) is 25.1 Å². The Balaban J connectivity index is 2.15. The Bertz CT molecular complexity index is 734. The summed E-state index contributed by atoms with van der Waals surface area (Å²) >= 11 is 0. The van der Waals surface area contributed by atoms with Gasteiger partial charge in [-0.05, 0) is 36.2 Å². The van der Waals surface area contributed by atoms with Crippen LogP contribution in [0.3, 0.4) is 0 Å². The smallest absolute Gasteiger partial charge is 0.351 e. The topological polar surface area (TPSA) is 108 Å². The van der Waals surface area contributed by atoms with Gasteiger partial charge in [0.2, 0.25) is 0 Å². The maximum absolute atomic E-state index is 12.4. The van der Waals surface area contributed by atoms with Crippen LogP contribution < -0.4 is 19.9 Å². The Kier molecular flexibility index (Phi) is 5.97. The highest BCUT2D eigenvalue weighted by Crippen LogP contribution is 2.29. The van der Waals surface area contributed by atoms with E-state index in [9.17, 15) is 9.59 Å². The highest BCUT2D eigenvalue weighted by Gasteiger charge is 2.20. The van der Waals surface area contributed by atoms with Crippen LogP contribution in [0, 0.1) is 0 Å². The Labute approximate surface area is 144 Å². The molecule has 0 spiro atoms. The van der Waals surface area contributed by atoms with E-state index in [1.54, 1.807) is 42.5 Å². The summed E-state index contributed by atoms with van der Waals surface area (Å²) in [6.07, 6.45) is 0.184. The quantitative estimate of drug-likeness (QED) is 0.582. The van der Waals surface area contributed by atoms with Crippen molar-refractivity contribution in [1.82, 2.24) is 0 Å². The van der Waals surface area contributed by atoms with Gasteiger partial charge >= 0.3 is 11.9 Å². The predicted molar refractivity (Wildman–Crippen MR) is 90.3 cm³/mol. The first kappa shape index (κ1) is 18.3. The van der Waals surface area contributed by atoms with Gasteiger partial charge in [0.05, 0.1) is 14.2 Å². The minimum atomic E-state index is -1.07. The van der Waals surface area contributed by atoms with Crippen LogP contribution in [0.4, 0.5) is 0 Å². The molecule has 1 atom stereocenters. The van der Waals surface area contributed by atoms with Gasteiger partial charge in [0.1, 0.15) is 28.9 Å². The SMILES string of the molecule is COc1cccc(OC)c1C(=O)Oc1ccc(C[C@H](N)C(=O)O)cc1. The normalized spacial score (nSPS) is 11.5. The van der Waals surface area contributed by atoms with Gasteiger partial charge in [0, 0.05) is 0 Å². The van der Waals surface area contributed by atoms with Crippen molar-refractivity contribution < 1.29 is 28.9 Å². The number of aliphatic carboxylic acids is 1. The van der Waals surface area contributed by atoms with E-state index in [0.29, 0.717) is 17.2 Å². The Morgan fingerprint density at radius 1 is 1.04 bits per heavy atom. The largest absolute Gasteiger partial charge is 0.496 e. The summed E-state index contributed by atoms with van der Waals surface area (Å²) in [4.78, 5) is 23.2. The van der Waals surface area contributed by atoms with Crippen molar-refractivity contribution in [3.8, 4) is 17.2 Å². The molecule has 0 radical (unpaired) electrons. The lowest BCUT2D eigenvalue weighted by molar-refractivity contribution is -0.138.